The Bertz CT molecular complexity index is 1980. The minimum atomic E-state index is -0.386. The summed E-state index contributed by atoms with van der Waals surface area (Å²) < 4.78 is 8.28. The molecule has 0 saturated carbocycles. The fraction of sp³-hybridized carbons (Fsp3) is 0.167. The Labute approximate surface area is 258 Å². The highest BCUT2D eigenvalue weighted by atomic mass is 127. The Balaban J connectivity index is 1.28. The molecule has 2 amide bonds. The van der Waals surface area contributed by atoms with Crippen molar-refractivity contribution in [2.45, 2.75) is 30.6 Å². The number of ether oxygens (including phenoxy) is 1. The third-order valence-electron chi connectivity index (χ3n) is 6.56. The average molecular weight is 692 g/mol. The summed E-state index contributed by atoms with van der Waals surface area (Å²) in [6.07, 6.45) is 4.78. The number of anilines is 2. The molecular weight excluding hydrogens is 665 g/mol. The van der Waals surface area contributed by atoms with Crippen LogP contribution in [0.2, 0.25) is 0 Å². The van der Waals surface area contributed by atoms with Gasteiger partial charge >= 0.3 is 6.03 Å². The molecule has 6 rings (SSSR count). The molecule has 6 aromatic rings. The number of thiophene rings is 1. The molecule has 0 aliphatic heterocycles. The smallest absolute Gasteiger partial charge is 0.324 e. The first-order valence-electron chi connectivity index (χ1n) is 13.3. The Hall–Kier alpha value is -4.30. The first-order valence-corrected chi connectivity index (χ1v) is 15.4. The van der Waals surface area contributed by atoms with Gasteiger partial charge in [-0.15, -0.1) is 11.3 Å². The molecule has 0 saturated heterocycles. The van der Waals surface area contributed by atoms with Gasteiger partial charge in [-0.25, -0.2) is 19.4 Å². The maximum absolute atomic E-state index is 13.3. The number of nitrogens with one attached hydrogen (secondary N) is 3. The Kier molecular flexibility index (Phi) is 7.89. The maximum Gasteiger partial charge on any atom is 0.324 e. The molecule has 2 aromatic carbocycles. The van der Waals surface area contributed by atoms with E-state index in [1.165, 1.54) is 6.20 Å². The van der Waals surface area contributed by atoms with E-state index < -0.39 is 0 Å². The average Bonchev–Trinajstić information content (AvgIpc) is 3.60. The third kappa shape index (κ3) is 5.72. The van der Waals surface area contributed by atoms with Crippen molar-refractivity contribution in [1.82, 2.24) is 24.7 Å². The lowest BCUT2D eigenvalue weighted by Crippen LogP contribution is -2.21. The highest BCUT2D eigenvalue weighted by Gasteiger charge is 2.19. The first kappa shape index (κ1) is 27.8. The minimum Gasteiger partial charge on any atom is -0.454 e. The molecule has 1 atom stereocenters. The van der Waals surface area contributed by atoms with Crippen molar-refractivity contribution >= 4 is 73.4 Å². The van der Waals surface area contributed by atoms with Crippen LogP contribution in [0, 0.1) is 6.92 Å². The van der Waals surface area contributed by atoms with Gasteiger partial charge in [0.2, 0.25) is 0 Å². The summed E-state index contributed by atoms with van der Waals surface area (Å²) in [4.78, 5) is 37.2. The number of H-pyrrole nitrogens is 1. The number of aryl methyl sites for hydroxylation is 1. The molecule has 0 aliphatic carbocycles. The van der Waals surface area contributed by atoms with Crippen molar-refractivity contribution in [3.8, 4) is 16.5 Å². The monoisotopic (exact) mass is 691 g/mol. The summed E-state index contributed by atoms with van der Waals surface area (Å²) >= 11 is 4.02. The SMILES string of the molecule is CCCC(I)c1cc(NC(=O)Nc2ccc(Oc3ccnc4[nH]c(=O)cnc34)c3ccccc23)n(-c2ccc(C)s2)n1. The molecule has 10 nitrogen and oxygen atoms in total. The lowest BCUT2D eigenvalue weighted by molar-refractivity contribution is 0.262. The first-order chi connectivity index (χ1) is 20.4. The number of rotatable bonds is 8. The third-order valence-corrected chi connectivity index (χ3v) is 8.80. The van der Waals surface area contributed by atoms with Crippen molar-refractivity contribution in [2.75, 3.05) is 10.6 Å². The molecule has 4 heterocycles. The number of hydrogen-bond acceptors (Lipinski definition) is 7. The minimum absolute atomic E-state index is 0.239. The van der Waals surface area contributed by atoms with E-state index >= 15 is 0 Å². The van der Waals surface area contributed by atoms with Crippen LogP contribution >= 0.6 is 33.9 Å². The molecule has 0 aliphatic rings. The lowest BCUT2D eigenvalue weighted by atomic mass is 10.1. The van der Waals surface area contributed by atoms with Crippen molar-refractivity contribution in [3.63, 3.8) is 0 Å². The van der Waals surface area contributed by atoms with E-state index in [0.29, 0.717) is 34.2 Å². The van der Waals surface area contributed by atoms with Crippen LogP contribution in [-0.4, -0.2) is 30.8 Å². The van der Waals surface area contributed by atoms with Crippen molar-refractivity contribution in [1.29, 1.82) is 0 Å². The predicted molar refractivity (Wildman–Crippen MR) is 175 cm³/mol. The van der Waals surface area contributed by atoms with Gasteiger partial charge in [-0.2, -0.15) is 5.10 Å². The summed E-state index contributed by atoms with van der Waals surface area (Å²) in [6, 6.07) is 18.5. The van der Waals surface area contributed by atoms with E-state index in [0.717, 1.165) is 39.2 Å². The molecule has 12 heteroatoms. The van der Waals surface area contributed by atoms with Gasteiger partial charge in [-0.3, -0.25) is 10.1 Å². The number of alkyl halides is 1. The fourth-order valence-electron chi connectivity index (χ4n) is 4.61. The number of aromatic nitrogens is 5. The van der Waals surface area contributed by atoms with Crippen molar-refractivity contribution in [3.05, 3.63) is 94.0 Å². The molecule has 0 spiro atoms. The number of aromatic amines is 1. The Morgan fingerprint density at radius 3 is 2.69 bits per heavy atom. The number of nitrogens with zero attached hydrogens (tertiary/aromatic N) is 4. The normalized spacial score (nSPS) is 12.0. The van der Waals surface area contributed by atoms with Gasteiger partial charge in [0.05, 0.1) is 21.5 Å². The Morgan fingerprint density at radius 1 is 1.07 bits per heavy atom. The molecule has 0 fully saturated rings. The predicted octanol–water partition coefficient (Wildman–Crippen LogP) is 7.74. The van der Waals surface area contributed by atoms with Crippen LogP contribution in [0.5, 0.6) is 11.5 Å². The van der Waals surface area contributed by atoms with Gasteiger partial charge in [-0.1, -0.05) is 60.2 Å². The van der Waals surface area contributed by atoms with E-state index in [9.17, 15) is 9.59 Å². The topological polar surface area (TPSA) is 127 Å². The lowest BCUT2D eigenvalue weighted by Gasteiger charge is -2.14. The summed E-state index contributed by atoms with van der Waals surface area (Å²) in [5, 5.41) is 13.4. The van der Waals surface area contributed by atoms with Crippen LogP contribution in [0.3, 0.4) is 0 Å². The number of benzene rings is 2. The van der Waals surface area contributed by atoms with Gasteiger partial charge in [-0.05, 0) is 37.6 Å². The van der Waals surface area contributed by atoms with E-state index in [1.807, 2.05) is 49.4 Å². The van der Waals surface area contributed by atoms with E-state index in [-0.39, 0.29) is 15.5 Å². The van der Waals surface area contributed by atoms with Gasteiger partial charge in [0.25, 0.3) is 5.56 Å². The van der Waals surface area contributed by atoms with Crippen LogP contribution in [0.25, 0.3) is 26.9 Å². The van der Waals surface area contributed by atoms with Crippen LogP contribution in [0.15, 0.2) is 77.9 Å². The van der Waals surface area contributed by atoms with Crippen LogP contribution < -0.4 is 20.9 Å². The van der Waals surface area contributed by atoms with E-state index in [2.05, 4.69) is 55.1 Å². The number of halogens is 1. The van der Waals surface area contributed by atoms with Gasteiger partial charge in [0, 0.05) is 34.0 Å². The second kappa shape index (κ2) is 11.9. The number of fused-ring (bicyclic) bond motifs is 2. The molecule has 4 aromatic heterocycles. The van der Waals surface area contributed by atoms with E-state index in [4.69, 9.17) is 9.84 Å². The number of pyridine rings is 1. The number of hydrogen-bond donors (Lipinski definition) is 3. The van der Waals surface area contributed by atoms with Gasteiger partial charge < -0.3 is 15.0 Å². The standard InChI is InChI=1S/C30H26IN7O3S/c1-3-6-20(31)22-15-25(38(37-22)27-12-9-17(2)42-27)35-30(40)34-21-10-11-23(19-8-5-4-7-18(19)21)41-24-13-14-32-29-28(24)33-16-26(39)36-29/h4-5,7-16,20H,3,6H2,1-2H3,(H,32,36,39)(H2,34,35,40). The number of urea groups is 1. The van der Waals surface area contributed by atoms with Gasteiger partial charge in [0.15, 0.2) is 11.4 Å². The van der Waals surface area contributed by atoms with Crippen LogP contribution in [0.1, 0.15) is 34.3 Å². The highest BCUT2D eigenvalue weighted by molar-refractivity contribution is 14.1. The molecular formula is C30H26IN7O3S. The van der Waals surface area contributed by atoms with Crippen LogP contribution in [0.4, 0.5) is 16.3 Å². The zero-order valence-electron chi connectivity index (χ0n) is 22.7. The summed E-state index contributed by atoms with van der Waals surface area (Å²) in [5.74, 6) is 1.61. The fourth-order valence-corrected chi connectivity index (χ4v) is 6.37. The molecule has 0 bridgehead atoms. The summed E-state index contributed by atoms with van der Waals surface area (Å²) in [5.41, 5.74) is 1.97. The summed E-state index contributed by atoms with van der Waals surface area (Å²) in [6.45, 7) is 4.19. The second-order valence-electron chi connectivity index (χ2n) is 9.60. The molecule has 3 N–H and O–H groups in total. The Morgan fingerprint density at radius 2 is 1.90 bits per heavy atom. The highest BCUT2D eigenvalue weighted by Crippen LogP contribution is 2.36. The second-order valence-corrected chi connectivity index (χ2v) is 12.4. The zero-order chi connectivity index (χ0) is 29.2. The quantitative estimate of drug-likeness (QED) is 0.111. The van der Waals surface area contributed by atoms with Crippen molar-refractivity contribution in [2.24, 2.45) is 0 Å². The van der Waals surface area contributed by atoms with Gasteiger partial charge in [0.1, 0.15) is 22.1 Å². The summed E-state index contributed by atoms with van der Waals surface area (Å²) in [7, 11) is 0. The number of amides is 2. The largest absolute Gasteiger partial charge is 0.454 e. The maximum atomic E-state index is 13.3. The number of carbonyl (C=O) groups excluding carboxylic acids is 1. The number of carbonyl (C=O) groups is 1. The molecule has 212 valence electrons. The van der Waals surface area contributed by atoms with E-state index in [1.54, 1.807) is 40.4 Å². The molecule has 1 unspecified atom stereocenters. The zero-order valence-corrected chi connectivity index (χ0v) is 25.7. The van der Waals surface area contributed by atoms with Crippen LogP contribution in [-0.2, 0) is 0 Å². The van der Waals surface area contributed by atoms with Crippen molar-refractivity contribution < 1.29 is 9.53 Å². The molecule has 42 heavy (non-hydrogen) atoms. The molecule has 0 radical (unpaired) electrons.